The Morgan fingerprint density at radius 3 is 2.49 bits per heavy atom. The smallest absolute Gasteiger partial charge is 0.324 e. The fourth-order valence-corrected chi connectivity index (χ4v) is 4.05. The molecule has 10 nitrogen and oxygen atoms in total. The van der Waals surface area contributed by atoms with Crippen LogP contribution in [0.25, 0.3) is 17.1 Å². The third-order valence-electron chi connectivity index (χ3n) is 6.19. The van der Waals surface area contributed by atoms with Crippen LogP contribution in [0.3, 0.4) is 0 Å². The number of amides is 2. The van der Waals surface area contributed by atoms with Gasteiger partial charge in [-0.25, -0.2) is 13.9 Å². The minimum atomic E-state index is -0.670. The number of rotatable bonds is 7. The first kappa shape index (κ1) is 27.5. The van der Waals surface area contributed by atoms with Gasteiger partial charge in [0.05, 0.1) is 29.4 Å². The maximum atomic E-state index is 15.0. The van der Waals surface area contributed by atoms with E-state index in [1.807, 2.05) is 46.1 Å². The fourth-order valence-electron chi connectivity index (χ4n) is 4.05. The van der Waals surface area contributed by atoms with Crippen molar-refractivity contribution in [1.29, 1.82) is 0 Å². The molecule has 5 aromatic rings. The van der Waals surface area contributed by atoms with E-state index in [2.05, 4.69) is 25.8 Å². The number of halogens is 1. The third kappa shape index (κ3) is 6.42. The number of hydrogen-bond donors (Lipinski definition) is 3. The summed E-state index contributed by atoms with van der Waals surface area (Å²) in [6.07, 6.45) is 3.40. The summed E-state index contributed by atoms with van der Waals surface area (Å²) < 4.78 is 24.1. The number of urea groups is 1. The van der Waals surface area contributed by atoms with Crippen molar-refractivity contribution in [2.75, 3.05) is 10.6 Å². The zero-order chi connectivity index (χ0) is 29.1. The lowest BCUT2D eigenvalue weighted by Gasteiger charge is -2.14. The molecule has 3 heterocycles. The van der Waals surface area contributed by atoms with E-state index >= 15 is 0 Å². The molecule has 2 amide bonds. The number of aliphatic hydroxyl groups is 1. The minimum absolute atomic E-state index is 0.0249. The highest BCUT2D eigenvalue weighted by Gasteiger charge is 2.22. The number of aryl methyl sites for hydroxylation is 1. The molecule has 0 radical (unpaired) electrons. The average Bonchev–Trinajstić information content (AvgIpc) is 3.57. The Bertz CT molecular complexity index is 1700. The second-order valence-electron chi connectivity index (χ2n) is 10.5. The van der Waals surface area contributed by atoms with E-state index in [1.54, 1.807) is 58.0 Å². The molecule has 0 bridgehead atoms. The minimum Gasteiger partial charge on any atom is -0.457 e. The number of aromatic nitrogens is 5. The van der Waals surface area contributed by atoms with E-state index in [0.717, 1.165) is 5.69 Å². The highest BCUT2D eigenvalue weighted by Crippen LogP contribution is 2.29. The molecule has 0 aliphatic heterocycles. The molecular weight excluding hydrogens is 525 g/mol. The average molecular weight is 556 g/mol. The van der Waals surface area contributed by atoms with Gasteiger partial charge >= 0.3 is 6.03 Å². The highest BCUT2D eigenvalue weighted by molar-refractivity contribution is 5.99. The molecular formula is C30H30FN7O3. The Morgan fingerprint density at radius 1 is 0.976 bits per heavy atom. The van der Waals surface area contributed by atoms with Crippen molar-refractivity contribution < 1.29 is 19.0 Å². The highest BCUT2D eigenvalue weighted by atomic mass is 19.1. The molecule has 41 heavy (non-hydrogen) atoms. The SMILES string of the molecule is Cn1ccc(-c2cc(Oc3ccc(NC(=O)Nc4cc(C(C)(C)C)nn4-c4cccc(CO)c4)c(F)c3)ccn2)n1. The maximum Gasteiger partial charge on any atom is 0.324 e. The normalized spacial score (nSPS) is 11.4. The van der Waals surface area contributed by atoms with Gasteiger partial charge in [0.1, 0.15) is 28.8 Å². The van der Waals surface area contributed by atoms with Crippen molar-refractivity contribution in [3.8, 4) is 28.6 Å². The molecule has 2 aromatic carbocycles. The molecule has 0 spiro atoms. The predicted octanol–water partition coefficient (Wildman–Crippen LogP) is 6.03. The van der Waals surface area contributed by atoms with Gasteiger partial charge in [-0.2, -0.15) is 10.2 Å². The van der Waals surface area contributed by atoms with Crippen LogP contribution in [0.5, 0.6) is 11.5 Å². The summed E-state index contributed by atoms with van der Waals surface area (Å²) in [5.74, 6) is 0.440. The number of nitrogens with zero attached hydrogens (tertiary/aromatic N) is 5. The number of nitrogens with one attached hydrogen (secondary N) is 2. The van der Waals surface area contributed by atoms with Crippen molar-refractivity contribution in [2.24, 2.45) is 7.05 Å². The summed E-state index contributed by atoms with van der Waals surface area (Å²) in [5, 5.41) is 23.9. The Hall–Kier alpha value is -5.03. The van der Waals surface area contributed by atoms with Gasteiger partial charge in [0.15, 0.2) is 0 Å². The summed E-state index contributed by atoms with van der Waals surface area (Å²) in [6.45, 7) is 5.91. The van der Waals surface area contributed by atoms with Crippen LogP contribution in [0.4, 0.5) is 20.7 Å². The summed E-state index contributed by atoms with van der Waals surface area (Å²) in [4.78, 5) is 17.2. The van der Waals surface area contributed by atoms with Gasteiger partial charge in [0.25, 0.3) is 0 Å². The summed E-state index contributed by atoms with van der Waals surface area (Å²) in [6, 6.07) is 17.7. The molecule has 0 saturated carbocycles. The molecule has 210 valence electrons. The van der Waals surface area contributed by atoms with Crippen LogP contribution in [-0.2, 0) is 19.1 Å². The van der Waals surface area contributed by atoms with Crippen molar-refractivity contribution in [1.82, 2.24) is 24.5 Å². The number of pyridine rings is 1. The van der Waals surface area contributed by atoms with Crippen molar-refractivity contribution in [2.45, 2.75) is 32.8 Å². The van der Waals surface area contributed by atoms with Gasteiger partial charge in [-0.05, 0) is 42.0 Å². The Morgan fingerprint density at radius 2 is 1.78 bits per heavy atom. The first-order valence-electron chi connectivity index (χ1n) is 12.9. The first-order valence-corrected chi connectivity index (χ1v) is 12.9. The Kier molecular flexibility index (Phi) is 7.54. The molecule has 0 aliphatic carbocycles. The number of ether oxygens (including phenoxy) is 1. The molecule has 3 aromatic heterocycles. The Balaban J connectivity index is 1.31. The lowest BCUT2D eigenvalue weighted by atomic mass is 9.92. The second kappa shape index (κ2) is 11.2. The van der Waals surface area contributed by atoms with Crippen LogP contribution in [-0.4, -0.2) is 35.7 Å². The molecule has 3 N–H and O–H groups in total. The van der Waals surface area contributed by atoms with Gasteiger partial charge in [0, 0.05) is 43.1 Å². The number of carbonyl (C=O) groups is 1. The largest absolute Gasteiger partial charge is 0.457 e. The van der Waals surface area contributed by atoms with Gasteiger partial charge < -0.3 is 15.2 Å². The van der Waals surface area contributed by atoms with Crippen LogP contribution < -0.4 is 15.4 Å². The summed E-state index contributed by atoms with van der Waals surface area (Å²) in [5.41, 5.74) is 3.11. The zero-order valence-corrected chi connectivity index (χ0v) is 23.1. The molecule has 0 unspecified atom stereocenters. The number of hydrogen-bond acceptors (Lipinski definition) is 6. The second-order valence-corrected chi connectivity index (χ2v) is 10.5. The first-order chi connectivity index (χ1) is 19.6. The quantitative estimate of drug-likeness (QED) is 0.226. The van der Waals surface area contributed by atoms with Gasteiger partial charge in [-0.3, -0.25) is 15.0 Å². The molecule has 0 aliphatic rings. The molecule has 5 rings (SSSR count). The number of anilines is 2. The van der Waals surface area contributed by atoms with E-state index in [9.17, 15) is 14.3 Å². The maximum absolute atomic E-state index is 15.0. The monoisotopic (exact) mass is 555 g/mol. The molecule has 0 atom stereocenters. The standard InChI is InChI=1S/C30H30FN7O3/c1-30(2,3)27-17-28(38(36-27)20-7-5-6-19(14-20)18-39)34-29(40)33-24-9-8-21(15-23(24)31)41-22-10-12-32-26(16-22)25-11-13-37(4)35-25/h5-17,39H,18H2,1-4H3,(H2,33,34,40). The van der Waals surface area contributed by atoms with Crippen molar-refractivity contribution in [3.63, 3.8) is 0 Å². The molecule has 0 saturated heterocycles. The lowest BCUT2D eigenvalue weighted by Crippen LogP contribution is -2.22. The van der Waals surface area contributed by atoms with Crippen LogP contribution in [0.1, 0.15) is 32.0 Å². The fraction of sp³-hybridized carbons (Fsp3) is 0.200. The molecule has 0 fully saturated rings. The number of benzene rings is 2. The number of carbonyl (C=O) groups excluding carboxylic acids is 1. The van der Waals surface area contributed by atoms with Gasteiger partial charge in [-0.15, -0.1) is 0 Å². The summed E-state index contributed by atoms with van der Waals surface area (Å²) in [7, 11) is 1.82. The lowest BCUT2D eigenvalue weighted by molar-refractivity contribution is 0.262. The van der Waals surface area contributed by atoms with E-state index in [1.165, 1.54) is 12.1 Å². The topological polar surface area (TPSA) is 119 Å². The third-order valence-corrected chi connectivity index (χ3v) is 6.19. The Labute approximate surface area is 236 Å². The van der Waals surface area contributed by atoms with Crippen molar-refractivity contribution >= 4 is 17.5 Å². The van der Waals surface area contributed by atoms with Gasteiger partial charge in [-0.1, -0.05) is 32.9 Å². The van der Waals surface area contributed by atoms with Crippen LogP contribution >= 0.6 is 0 Å². The number of aliphatic hydroxyl groups excluding tert-OH is 1. The van der Waals surface area contributed by atoms with E-state index in [-0.39, 0.29) is 23.5 Å². The van der Waals surface area contributed by atoms with E-state index < -0.39 is 11.8 Å². The van der Waals surface area contributed by atoms with Gasteiger partial charge in [0.2, 0.25) is 0 Å². The van der Waals surface area contributed by atoms with E-state index in [0.29, 0.717) is 34.2 Å². The van der Waals surface area contributed by atoms with Crippen molar-refractivity contribution in [3.05, 3.63) is 96.2 Å². The van der Waals surface area contributed by atoms with Crippen LogP contribution in [0.15, 0.2) is 79.1 Å². The predicted molar refractivity (Wildman–Crippen MR) is 154 cm³/mol. The van der Waals surface area contributed by atoms with Crippen LogP contribution in [0, 0.1) is 5.82 Å². The molecule has 11 heteroatoms. The zero-order valence-electron chi connectivity index (χ0n) is 23.1. The summed E-state index contributed by atoms with van der Waals surface area (Å²) >= 11 is 0. The van der Waals surface area contributed by atoms with E-state index in [4.69, 9.17) is 4.74 Å². The van der Waals surface area contributed by atoms with Crippen LogP contribution in [0.2, 0.25) is 0 Å².